The van der Waals surface area contributed by atoms with Crippen molar-refractivity contribution in [3.8, 4) is 0 Å². The Labute approximate surface area is 125 Å². The van der Waals surface area contributed by atoms with Gasteiger partial charge in [-0.1, -0.05) is 18.2 Å². The van der Waals surface area contributed by atoms with E-state index < -0.39 is 0 Å². The first-order valence-electron chi connectivity index (χ1n) is 7.59. The number of fused-ring (bicyclic) bond motifs is 1. The number of carbonyl (C=O) groups is 1. The average molecular weight is 281 g/mol. The van der Waals surface area contributed by atoms with Crippen LogP contribution < -0.4 is 9.88 Å². The van der Waals surface area contributed by atoms with Crippen LogP contribution in [0.25, 0.3) is 0 Å². The minimum absolute atomic E-state index is 0.0186. The highest BCUT2D eigenvalue weighted by Crippen LogP contribution is 2.18. The zero-order chi connectivity index (χ0) is 14.7. The smallest absolute Gasteiger partial charge is 0.290 e. The molecule has 1 aliphatic carbocycles. The third-order valence-corrected chi connectivity index (χ3v) is 4.09. The van der Waals surface area contributed by atoms with E-state index in [2.05, 4.69) is 17.6 Å². The van der Waals surface area contributed by atoms with Crippen molar-refractivity contribution in [2.24, 2.45) is 0 Å². The van der Waals surface area contributed by atoms with E-state index >= 15 is 0 Å². The number of rotatable bonds is 3. The fourth-order valence-electron chi connectivity index (χ4n) is 2.89. The van der Waals surface area contributed by atoms with Gasteiger partial charge in [-0.15, -0.1) is 0 Å². The van der Waals surface area contributed by atoms with E-state index in [1.165, 1.54) is 30.4 Å². The minimum atomic E-state index is 0.0186. The van der Waals surface area contributed by atoms with Crippen LogP contribution in [0.5, 0.6) is 0 Å². The number of benzene rings is 1. The first kappa shape index (κ1) is 13.8. The number of hydrogen-bond donors (Lipinski definition) is 1. The van der Waals surface area contributed by atoms with E-state index in [1.54, 1.807) is 0 Å². The molecule has 0 saturated carbocycles. The summed E-state index contributed by atoms with van der Waals surface area (Å²) in [6.07, 6.45) is 8.99. The molecule has 1 aliphatic rings. The molecule has 1 aromatic heterocycles. The maximum absolute atomic E-state index is 12.2. The molecule has 1 heterocycles. The number of carbonyl (C=O) groups excluding carboxylic acids is 1. The van der Waals surface area contributed by atoms with Gasteiger partial charge >= 0.3 is 0 Å². The summed E-state index contributed by atoms with van der Waals surface area (Å²) in [5.41, 5.74) is 4.81. The Morgan fingerprint density at radius 1 is 1.14 bits per heavy atom. The predicted octanol–water partition coefficient (Wildman–Crippen LogP) is 2.80. The van der Waals surface area contributed by atoms with Crippen molar-refractivity contribution in [2.45, 2.75) is 39.2 Å². The Bertz CT molecular complexity index is 664. The topological polar surface area (TPSA) is 33.0 Å². The van der Waals surface area contributed by atoms with Crippen LogP contribution in [0.4, 0.5) is 5.69 Å². The minimum Gasteiger partial charge on any atom is -0.320 e. The molecule has 3 rings (SSSR count). The number of nitrogens with one attached hydrogen (secondary N) is 1. The van der Waals surface area contributed by atoms with Gasteiger partial charge in [0.2, 0.25) is 6.54 Å². The van der Waals surface area contributed by atoms with Crippen molar-refractivity contribution >= 4 is 11.6 Å². The van der Waals surface area contributed by atoms with Crippen LogP contribution in [0.1, 0.15) is 29.5 Å². The molecular weight excluding hydrogens is 260 g/mol. The highest BCUT2D eigenvalue weighted by atomic mass is 16.1. The number of amides is 1. The summed E-state index contributed by atoms with van der Waals surface area (Å²) >= 11 is 0. The summed E-state index contributed by atoms with van der Waals surface area (Å²) in [7, 11) is 0. The zero-order valence-electron chi connectivity index (χ0n) is 12.4. The molecular formula is C18H21N2O+. The number of pyridine rings is 1. The molecule has 0 fully saturated rings. The third-order valence-electron chi connectivity index (χ3n) is 4.09. The fraction of sp³-hybridized carbons (Fsp3) is 0.333. The Hall–Kier alpha value is -2.16. The van der Waals surface area contributed by atoms with E-state index in [0.29, 0.717) is 6.54 Å². The van der Waals surface area contributed by atoms with Crippen LogP contribution in [0.2, 0.25) is 0 Å². The molecule has 0 saturated heterocycles. The van der Waals surface area contributed by atoms with Crippen molar-refractivity contribution in [3.05, 3.63) is 59.4 Å². The number of para-hydroxylation sites is 1. The second-order valence-electron chi connectivity index (χ2n) is 5.74. The molecule has 1 N–H and O–H groups in total. The summed E-state index contributed by atoms with van der Waals surface area (Å²) < 4.78 is 1.98. The van der Waals surface area contributed by atoms with Gasteiger partial charge in [0.05, 0.1) is 0 Å². The number of nitrogens with zero attached hydrogens (tertiary/aromatic N) is 1. The van der Waals surface area contributed by atoms with Gasteiger partial charge in [-0.3, -0.25) is 4.79 Å². The normalized spacial score (nSPS) is 13.6. The molecule has 2 aromatic rings. The number of anilines is 1. The molecule has 1 aromatic carbocycles. The van der Waals surface area contributed by atoms with Crippen LogP contribution in [0, 0.1) is 6.92 Å². The Kier molecular flexibility index (Phi) is 4.00. The first-order chi connectivity index (χ1) is 10.2. The van der Waals surface area contributed by atoms with Crippen molar-refractivity contribution < 1.29 is 9.36 Å². The quantitative estimate of drug-likeness (QED) is 0.862. The largest absolute Gasteiger partial charge is 0.320 e. The molecule has 108 valence electrons. The molecule has 21 heavy (non-hydrogen) atoms. The lowest BCUT2D eigenvalue weighted by Crippen LogP contribution is -2.40. The number of aromatic nitrogens is 1. The van der Waals surface area contributed by atoms with Gasteiger partial charge in [0.15, 0.2) is 12.4 Å². The molecule has 0 aliphatic heterocycles. The van der Waals surface area contributed by atoms with E-state index in [-0.39, 0.29) is 5.91 Å². The highest BCUT2D eigenvalue weighted by Gasteiger charge is 2.16. The van der Waals surface area contributed by atoms with E-state index in [1.807, 2.05) is 42.0 Å². The van der Waals surface area contributed by atoms with Gasteiger partial charge in [-0.05, 0) is 49.8 Å². The summed E-state index contributed by atoms with van der Waals surface area (Å²) in [5.74, 6) is 0.0186. The van der Waals surface area contributed by atoms with Gasteiger partial charge in [-0.2, -0.15) is 4.57 Å². The maximum Gasteiger partial charge on any atom is 0.290 e. The fourth-order valence-corrected chi connectivity index (χ4v) is 2.89. The summed E-state index contributed by atoms with van der Waals surface area (Å²) in [6, 6.07) is 10.0. The van der Waals surface area contributed by atoms with Gasteiger partial charge < -0.3 is 5.32 Å². The second kappa shape index (κ2) is 6.08. The van der Waals surface area contributed by atoms with Crippen molar-refractivity contribution in [1.82, 2.24) is 0 Å². The summed E-state index contributed by atoms with van der Waals surface area (Å²) in [5, 5.41) is 2.98. The third kappa shape index (κ3) is 3.30. The van der Waals surface area contributed by atoms with E-state index in [4.69, 9.17) is 0 Å². The summed E-state index contributed by atoms with van der Waals surface area (Å²) in [4.78, 5) is 12.2. The Morgan fingerprint density at radius 3 is 2.71 bits per heavy atom. The van der Waals surface area contributed by atoms with Gasteiger partial charge in [0.25, 0.3) is 5.91 Å². The van der Waals surface area contributed by atoms with Gasteiger partial charge in [0.1, 0.15) is 0 Å². The Balaban J connectivity index is 1.69. The lowest BCUT2D eigenvalue weighted by Gasteiger charge is -2.13. The molecule has 1 amide bonds. The molecule has 0 atom stereocenters. The zero-order valence-corrected chi connectivity index (χ0v) is 12.4. The highest BCUT2D eigenvalue weighted by molar-refractivity contribution is 5.90. The monoisotopic (exact) mass is 281 g/mol. The SMILES string of the molecule is Cc1ccccc1NC(=O)C[n+]1ccc2c(c1)CCCC2. The lowest BCUT2D eigenvalue weighted by molar-refractivity contribution is -0.684. The standard InChI is InChI=1S/C18H20N2O/c1-14-6-2-5-9-17(14)19-18(21)13-20-11-10-15-7-3-4-8-16(15)12-20/h2,5-6,9-12H,3-4,7-8,13H2,1H3/p+1. The van der Waals surface area contributed by atoms with Crippen LogP contribution in [-0.2, 0) is 24.2 Å². The predicted molar refractivity (Wildman–Crippen MR) is 83.1 cm³/mol. The first-order valence-corrected chi connectivity index (χ1v) is 7.59. The second-order valence-corrected chi connectivity index (χ2v) is 5.74. The van der Waals surface area contributed by atoms with Crippen molar-refractivity contribution in [2.75, 3.05) is 5.32 Å². The van der Waals surface area contributed by atoms with Crippen LogP contribution >= 0.6 is 0 Å². The molecule has 0 radical (unpaired) electrons. The van der Waals surface area contributed by atoms with E-state index in [0.717, 1.165) is 17.7 Å². The molecule has 0 spiro atoms. The lowest BCUT2D eigenvalue weighted by atomic mass is 9.93. The van der Waals surface area contributed by atoms with Gasteiger partial charge in [-0.25, -0.2) is 0 Å². The van der Waals surface area contributed by atoms with Gasteiger partial charge in [0, 0.05) is 17.3 Å². The summed E-state index contributed by atoms with van der Waals surface area (Å²) in [6.45, 7) is 2.36. The van der Waals surface area contributed by atoms with E-state index in [9.17, 15) is 4.79 Å². The number of hydrogen-bond acceptors (Lipinski definition) is 1. The number of aryl methyl sites for hydroxylation is 3. The average Bonchev–Trinajstić information content (AvgIpc) is 2.49. The molecule has 0 unspecified atom stereocenters. The Morgan fingerprint density at radius 2 is 1.90 bits per heavy atom. The van der Waals surface area contributed by atoms with Crippen molar-refractivity contribution in [1.29, 1.82) is 0 Å². The molecule has 0 bridgehead atoms. The molecule has 3 nitrogen and oxygen atoms in total. The van der Waals surface area contributed by atoms with Crippen molar-refractivity contribution in [3.63, 3.8) is 0 Å². The van der Waals surface area contributed by atoms with Crippen LogP contribution in [0.15, 0.2) is 42.7 Å². The van der Waals surface area contributed by atoms with Crippen LogP contribution in [0.3, 0.4) is 0 Å². The molecule has 3 heteroatoms. The van der Waals surface area contributed by atoms with Crippen LogP contribution in [-0.4, -0.2) is 5.91 Å². The maximum atomic E-state index is 12.2.